The van der Waals surface area contributed by atoms with Crippen molar-refractivity contribution in [1.82, 2.24) is 0 Å². The molecule has 0 radical (unpaired) electrons. The molecular formula is C12H15F2NO. The SMILES string of the molecule is Cc1cc(F)c(NCC2CCCO2)cc1F. The molecule has 1 aliphatic rings. The average Bonchev–Trinajstić information content (AvgIpc) is 2.74. The maximum Gasteiger partial charge on any atom is 0.146 e. The van der Waals surface area contributed by atoms with Gasteiger partial charge in [0.05, 0.1) is 11.8 Å². The maximum absolute atomic E-state index is 13.4. The molecule has 0 spiro atoms. The molecule has 0 saturated carbocycles. The van der Waals surface area contributed by atoms with E-state index in [0.29, 0.717) is 12.1 Å². The summed E-state index contributed by atoms with van der Waals surface area (Å²) in [7, 11) is 0. The van der Waals surface area contributed by atoms with Crippen LogP contribution in [-0.2, 0) is 4.74 Å². The van der Waals surface area contributed by atoms with E-state index in [9.17, 15) is 8.78 Å². The first-order chi connectivity index (χ1) is 7.66. The Kier molecular flexibility index (Phi) is 3.39. The quantitative estimate of drug-likeness (QED) is 0.857. The molecule has 1 N–H and O–H groups in total. The molecule has 1 heterocycles. The molecule has 16 heavy (non-hydrogen) atoms. The van der Waals surface area contributed by atoms with Gasteiger partial charge in [-0.25, -0.2) is 8.78 Å². The molecule has 0 amide bonds. The summed E-state index contributed by atoms with van der Waals surface area (Å²) in [6.07, 6.45) is 2.13. The number of benzene rings is 1. The minimum atomic E-state index is -0.420. The smallest absolute Gasteiger partial charge is 0.146 e. The second-order valence-electron chi connectivity index (χ2n) is 4.10. The third-order valence-electron chi connectivity index (χ3n) is 2.79. The molecule has 1 aromatic rings. The van der Waals surface area contributed by atoms with E-state index >= 15 is 0 Å². The molecule has 1 atom stereocenters. The van der Waals surface area contributed by atoms with Crippen molar-refractivity contribution in [2.24, 2.45) is 0 Å². The van der Waals surface area contributed by atoms with Gasteiger partial charge in [0.2, 0.25) is 0 Å². The highest BCUT2D eigenvalue weighted by Gasteiger charge is 2.16. The van der Waals surface area contributed by atoms with Crippen LogP contribution in [0.3, 0.4) is 0 Å². The second kappa shape index (κ2) is 4.78. The molecule has 1 aliphatic heterocycles. The summed E-state index contributed by atoms with van der Waals surface area (Å²) in [6, 6.07) is 2.40. The number of nitrogens with one attached hydrogen (secondary N) is 1. The van der Waals surface area contributed by atoms with Crippen molar-refractivity contribution in [3.63, 3.8) is 0 Å². The van der Waals surface area contributed by atoms with Crippen LogP contribution in [0.15, 0.2) is 12.1 Å². The molecular weight excluding hydrogens is 212 g/mol. The highest BCUT2D eigenvalue weighted by molar-refractivity contribution is 5.46. The zero-order chi connectivity index (χ0) is 11.5. The Bertz CT molecular complexity index is 376. The lowest BCUT2D eigenvalue weighted by atomic mass is 10.2. The van der Waals surface area contributed by atoms with Gasteiger partial charge in [-0.2, -0.15) is 0 Å². The van der Waals surface area contributed by atoms with Gasteiger partial charge in [0.1, 0.15) is 11.6 Å². The predicted molar refractivity (Wildman–Crippen MR) is 58.6 cm³/mol. The lowest BCUT2D eigenvalue weighted by Crippen LogP contribution is -2.19. The highest BCUT2D eigenvalue weighted by Crippen LogP contribution is 2.20. The Hall–Kier alpha value is -1.16. The van der Waals surface area contributed by atoms with Gasteiger partial charge >= 0.3 is 0 Å². The minimum Gasteiger partial charge on any atom is -0.380 e. The first kappa shape index (κ1) is 11.3. The molecule has 1 aromatic carbocycles. The number of ether oxygens (including phenoxy) is 1. The average molecular weight is 227 g/mol. The number of anilines is 1. The van der Waals surface area contributed by atoms with Crippen LogP contribution in [0.4, 0.5) is 14.5 Å². The second-order valence-corrected chi connectivity index (χ2v) is 4.10. The number of halogens is 2. The monoisotopic (exact) mass is 227 g/mol. The Morgan fingerprint density at radius 2 is 2.19 bits per heavy atom. The molecule has 1 unspecified atom stereocenters. The Morgan fingerprint density at radius 1 is 1.38 bits per heavy atom. The third kappa shape index (κ3) is 2.50. The standard InChI is InChI=1S/C12H15F2NO/c1-8-5-11(14)12(6-10(8)13)15-7-9-3-2-4-16-9/h5-6,9,15H,2-4,7H2,1H3. The van der Waals surface area contributed by atoms with Gasteiger partial charge in [-0.05, 0) is 31.4 Å². The van der Waals surface area contributed by atoms with Crippen LogP contribution >= 0.6 is 0 Å². The molecule has 2 nitrogen and oxygen atoms in total. The fourth-order valence-electron chi connectivity index (χ4n) is 1.81. The van der Waals surface area contributed by atoms with Crippen molar-refractivity contribution in [2.45, 2.75) is 25.9 Å². The predicted octanol–water partition coefficient (Wildman–Crippen LogP) is 2.86. The molecule has 1 saturated heterocycles. The molecule has 1 fully saturated rings. The summed E-state index contributed by atoms with van der Waals surface area (Å²) in [5.41, 5.74) is 0.527. The molecule has 2 rings (SSSR count). The van der Waals surface area contributed by atoms with E-state index in [1.54, 1.807) is 6.92 Å². The lowest BCUT2D eigenvalue weighted by molar-refractivity contribution is 0.120. The van der Waals surface area contributed by atoms with E-state index in [1.807, 2.05) is 0 Å². The third-order valence-corrected chi connectivity index (χ3v) is 2.79. The number of aryl methyl sites for hydroxylation is 1. The van der Waals surface area contributed by atoms with Crippen molar-refractivity contribution in [1.29, 1.82) is 0 Å². The summed E-state index contributed by atoms with van der Waals surface area (Å²) < 4.78 is 32.0. The van der Waals surface area contributed by atoms with Gasteiger partial charge < -0.3 is 10.1 Å². The van der Waals surface area contributed by atoms with Crippen LogP contribution in [-0.4, -0.2) is 19.3 Å². The molecule has 88 valence electrons. The summed E-state index contributed by atoms with van der Waals surface area (Å²) in [5, 5.41) is 2.88. The first-order valence-corrected chi connectivity index (χ1v) is 5.48. The maximum atomic E-state index is 13.4. The van der Waals surface area contributed by atoms with Crippen LogP contribution in [0.25, 0.3) is 0 Å². The zero-order valence-corrected chi connectivity index (χ0v) is 9.22. The fraction of sp³-hybridized carbons (Fsp3) is 0.500. The van der Waals surface area contributed by atoms with Crippen molar-refractivity contribution in [3.8, 4) is 0 Å². The Morgan fingerprint density at radius 3 is 2.88 bits per heavy atom. The van der Waals surface area contributed by atoms with E-state index in [0.717, 1.165) is 19.4 Å². The number of hydrogen-bond acceptors (Lipinski definition) is 2. The number of hydrogen-bond donors (Lipinski definition) is 1. The van der Waals surface area contributed by atoms with Crippen molar-refractivity contribution < 1.29 is 13.5 Å². The largest absolute Gasteiger partial charge is 0.380 e. The van der Waals surface area contributed by atoms with Gasteiger partial charge in [-0.3, -0.25) is 0 Å². The summed E-state index contributed by atoms with van der Waals surface area (Å²) in [5.74, 6) is -0.812. The van der Waals surface area contributed by atoms with E-state index in [4.69, 9.17) is 4.74 Å². The number of rotatable bonds is 3. The van der Waals surface area contributed by atoms with Crippen LogP contribution in [0.1, 0.15) is 18.4 Å². The summed E-state index contributed by atoms with van der Waals surface area (Å²) in [4.78, 5) is 0. The summed E-state index contributed by atoms with van der Waals surface area (Å²) in [6.45, 7) is 2.83. The van der Waals surface area contributed by atoms with Crippen molar-refractivity contribution >= 4 is 5.69 Å². The summed E-state index contributed by atoms with van der Waals surface area (Å²) >= 11 is 0. The van der Waals surface area contributed by atoms with Crippen LogP contribution in [0.2, 0.25) is 0 Å². The van der Waals surface area contributed by atoms with E-state index in [-0.39, 0.29) is 11.8 Å². The van der Waals surface area contributed by atoms with Crippen molar-refractivity contribution in [3.05, 3.63) is 29.3 Å². The van der Waals surface area contributed by atoms with Gasteiger partial charge in [0, 0.05) is 19.2 Å². The van der Waals surface area contributed by atoms with Crippen LogP contribution in [0, 0.1) is 18.6 Å². The minimum absolute atomic E-state index is 0.115. The molecule has 0 aromatic heterocycles. The van der Waals surface area contributed by atoms with Gasteiger partial charge in [-0.1, -0.05) is 0 Å². The van der Waals surface area contributed by atoms with Crippen LogP contribution in [0.5, 0.6) is 0 Å². The molecule has 4 heteroatoms. The van der Waals surface area contributed by atoms with E-state index in [1.165, 1.54) is 12.1 Å². The van der Waals surface area contributed by atoms with Gasteiger partial charge in [-0.15, -0.1) is 0 Å². The van der Waals surface area contributed by atoms with E-state index in [2.05, 4.69) is 5.32 Å². The Labute approximate surface area is 93.6 Å². The van der Waals surface area contributed by atoms with E-state index < -0.39 is 11.6 Å². The topological polar surface area (TPSA) is 21.3 Å². The van der Waals surface area contributed by atoms with Gasteiger partial charge in [0.15, 0.2) is 0 Å². The lowest BCUT2D eigenvalue weighted by Gasteiger charge is -2.13. The highest BCUT2D eigenvalue weighted by atomic mass is 19.1. The van der Waals surface area contributed by atoms with Crippen LogP contribution < -0.4 is 5.32 Å². The normalized spacial score (nSPS) is 20.1. The molecule has 0 bridgehead atoms. The van der Waals surface area contributed by atoms with Gasteiger partial charge in [0.25, 0.3) is 0 Å². The molecule has 0 aliphatic carbocycles. The Balaban J connectivity index is 2.00. The fourth-order valence-corrected chi connectivity index (χ4v) is 1.81. The van der Waals surface area contributed by atoms with Crippen molar-refractivity contribution in [2.75, 3.05) is 18.5 Å². The zero-order valence-electron chi connectivity index (χ0n) is 9.22. The first-order valence-electron chi connectivity index (χ1n) is 5.48.